The summed E-state index contributed by atoms with van der Waals surface area (Å²) in [5, 5.41) is 42.0. The average Bonchev–Trinajstić information content (AvgIpc) is 2.23. The number of aliphatic hydroxyl groups is 2. The van der Waals surface area contributed by atoms with Gasteiger partial charge in [-0.05, 0) is 123 Å². The number of aromatic amines is 4. The van der Waals surface area contributed by atoms with Crippen LogP contribution in [0.4, 0.5) is 5.82 Å². The molecule has 0 spiro atoms. The number of amides is 2. The number of ether oxygens (including phenoxy) is 1. The normalized spacial score (nSPS) is 20.1. The van der Waals surface area contributed by atoms with E-state index < -0.39 is 90.5 Å². The van der Waals surface area contributed by atoms with Crippen molar-refractivity contribution < 1.29 is 90.4 Å². The number of nitrogens with two attached hydrogens (primary N) is 1. The molecule has 34 heteroatoms. The molecule has 89 heavy (non-hydrogen) atoms. The van der Waals surface area contributed by atoms with Gasteiger partial charge in [-0.2, -0.15) is 4.31 Å². The van der Waals surface area contributed by atoms with E-state index in [4.69, 9.17) is 19.5 Å². The number of aliphatic hydroxyl groups excluding tert-OH is 2. The Balaban J connectivity index is 0.822. The summed E-state index contributed by atoms with van der Waals surface area (Å²) in [5.74, 6) is -2.25. The summed E-state index contributed by atoms with van der Waals surface area (Å²) >= 11 is 1.04. The highest BCUT2D eigenvalue weighted by atomic mass is 32.2. The van der Waals surface area contributed by atoms with Gasteiger partial charge >= 0.3 is 29.4 Å². The van der Waals surface area contributed by atoms with E-state index in [0.29, 0.717) is 6.42 Å². The highest BCUT2D eigenvalue weighted by molar-refractivity contribution is 8.13. The maximum Gasteiger partial charge on any atom is 0.481 e. The number of nitrogens with zero attached hydrogens (tertiary/aromatic N) is 4. The number of rotatable bonds is 25. The topological polar surface area (TPSA) is 464 Å². The minimum absolute atomic E-state index is 0.0174. The summed E-state index contributed by atoms with van der Waals surface area (Å²) in [6, 6.07) is 0. The van der Waals surface area contributed by atoms with Crippen LogP contribution >= 0.6 is 35.2 Å². The molecule has 7 atom stereocenters. The molecule has 0 aliphatic carbocycles. The maximum absolute atomic E-state index is 13.5. The lowest BCUT2D eigenvalue weighted by Gasteiger charge is -2.30. The van der Waals surface area contributed by atoms with Crippen molar-refractivity contribution in [3.8, 4) is 0 Å². The number of phosphoric acid groups is 3. The summed E-state index contributed by atoms with van der Waals surface area (Å²) < 4.78 is 63.1. The van der Waals surface area contributed by atoms with Crippen LogP contribution < -0.4 is 48.2 Å². The second-order valence-corrected chi connectivity index (χ2v) is 27.3. The Morgan fingerprint density at radius 2 is 1.38 bits per heavy atom. The Kier molecular flexibility index (Phi) is 21.4. The Labute approximate surface area is 511 Å². The first-order chi connectivity index (χ1) is 41.8. The van der Waals surface area contributed by atoms with E-state index in [1.165, 1.54) is 13.8 Å². The molecule has 0 aromatic carbocycles. The minimum atomic E-state index is -5.63. The van der Waals surface area contributed by atoms with E-state index in [9.17, 15) is 67.8 Å². The molecule has 1 saturated heterocycles. The van der Waals surface area contributed by atoms with Crippen molar-refractivity contribution in [2.24, 2.45) is 5.41 Å². The molecular formula is C55H72N11O19P3S. The van der Waals surface area contributed by atoms with Crippen LogP contribution in [0.25, 0.3) is 47.6 Å². The van der Waals surface area contributed by atoms with Crippen molar-refractivity contribution in [1.29, 1.82) is 0 Å². The minimum Gasteiger partial charge on any atom is -0.481 e. The molecule has 30 nitrogen and oxygen atoms in total. The fourth-order valence-corrected chi connectivity index (χ4v) is 14.0. The van der Waals surface area contributed by atoms with E-state index in [0.717, 1.165) is 117 Å². The molecule has 8 rings (SSSR count). The maximum atomic E-state index is 13.5. The molecule has 0 radical (unpaired) electrons. The number of carbonyl (C=O) groups excluding carboxylic acids is 3. The lowest BCUT2D eigenvalue weighted by atomic mass is 9.87. The van der Waals surface area contributed by atoms with Crippen LogP contribution in [0, 0.1) is 33.1 Å². The fraction of sp³-hybridized carbons (Fsp3) is 0.436. The van der Waals surface area contributed by atoms with Gasteiger partial charge in [0.1, 0.15) is 36.3 Å². The number of carboxylic acid groups (broad SMARTS) is 1. The van der Waals surface area contributed by atoms with Gasteiger partial charge in [0.25, 0.3) is 0 Å². The van der Waals surface area contributed by atoms with Crippen molar-refractivity contribution in [1.82, 2.24) is 50.1 Å². The van der Waals surface area contributed by atoms with Crippen molar-refractivity contribution in [3.63, 3.8) is 0 Å². The molecule has 2 amide bonds. The van der Waals surface area contributed by atoms with Crippen molar-refractivity contribution in [3.05, 3.63) is 101 Å². The quantitative estimate of drug-likeness (QED) is 0.0266. The molecule has 0 saturated carbocycles. The van der Waals surface area contributed by atoms with Crippen LogP contribution in [-0.2, 0) is 68.3 Å². The first-order valence-electron chi connectivity index (χ1n) is 27.9. The molecule has 2 aliphatic heterocycles. The van der Waals surface area contributed by atoms with Gasteiger partial charge in [0.05, 0.1) is 19.5 Å². The zero-order valence-corrected chi connectivity index (χ0v) is 53.2. The van der Waals surface area contributed by atoms with E-state index in [1.54, 1.807) is 0 Å². The van der Waals surface area contributed by atoms with Gasteiger partial charge in [-0.1, -0.05) is 37.8 Å². The first kappa shape index (κ1) is 68.3. The first-order valence-corrected chi connectivity index (χ1v) is 33.4. The number of thioether (sulfide) groups is 1. The number of fused-ring (bicyclic) bond motifs is 9. The third kappa shape index (κ3) is 16.3. The zero-order valence-electron chi connectivity index (χ0n) is 49.7. The Morgan fingerprint density at radius 1 is 0.775 bits per heavy atom. The largest absolute Gasteiger partial charge is 0.481 e. The third-order valence-corrected chi connectivity index (χ3v) is 19.3. The highest BCUT2D eigenvalue weighted by Crippen LogP contribution is 2.61. The van der Waals surface area contributed by atoms with E-state index in [1.807, 2.05) is 39.8 Å². The van der Waals surface area contributed by atoms with Gasteiger partial charge < -0.3 is 75.9 Å². The molecule has 15 N–H and O–H groups in total. The number of imidazole rings is 1. The highest BCUT2D eigenvalue weighted by Gasteiger charge is 2.50. The molecule has 1 fully saturated rings. The second-order valence-electron chi connectivity index (χ2n) is 21.9. The number of H-pyrrole nitrogens is 4. The number of nitrogen functional groups attached to an aromatic ring is 1. The molecule has 8 heterocycles. The molecular weight excluding hydrogens is 1240 g/mol. The van der Waals surface area contributed by atoms with Gasteiger partial charge in [0.15, 0.2) is 22.8 Å². The number of carbonyl (C=O) groups is 4. The standard InChI is InChI=1S/C55H72N11O19P3S/c1-9-31-27(3)35-19-36-29(5)33(11-13-45(68)69)41(64-36)22-42-34(30(6)38(65-42)21-40-32(10-2)28(4)37(63-40)20-39(31)62-35)12-14-46(70)89-18-17-57-44(67)15-16-58-53(73)50(72)55(7,8)24-82-88(79,80)85-87(77,78)81-23-43-49(84-86(74,75)76)48(71)54(83-43)66-26-61-47-51(56)59-25-60-52(47)66/h9-10,19-22,25-26,43,48-50,54,62-65,71-72H,11-18,23-24H2,1-8H3,(H,57,67)(H,58,73)(H,68,69)(H,77,78)(H,79,80)(H2,56,59,60)(H2,74,75,76)/b31-9+,32-10+,36-19+,39-20-,40-21-,41-22?. The summed E-state index contributed by atoms with van der Waals surface area (Å²) in [6.07, 6.45) is 5.87. The Bertz CT molecular complexity index is 4260. The number of nitrogens with one attached hydrogen (secondary N) is 6. The zero-order chi connectivity index (χ0) is 65.1. The van der Waals surface area contributed by atoms with Crippen LogP contribution in [0.15, 0.2) is 12.7 Å². The lowest BCUT2D eigenvalue weighted by molar-refractivity contribution is -0.137. The fourth-order valence-electron chi connectivity index (χ4n) is 10.5. The summed E-state index contributed by atoms with van der Waals surface area (Å²) in [5.41, 5.74) is 13.4. The van der Waals surface area contributed by atoms with Crippen LogP contribution in [0.2, 0.25) is 0 Å². The summed E-state index contributed by atoms with van der Waals surface area (Å²) in [7, 11) is -16.6. The monoisotopic (exact) mass is 1320 g/mol. The van der Waals surface area contributed by atoms with Crippen molar-refractivity contribution in [2.45, 2.75) is 118 Å². The summed E-state index contributed by atoms with van der Waals surface area (Å²) in [6.45, 7) is 12.3. The van der Waals surface area contributed by atoms with Crippen LogP contribution in [0.3, 0.4) is 0 Å². The third-order valence-electron chi connectivity index (χ3n) is 15.3. The smallest absolute Gasteiger partial charge is 0.481 e. The molecule has 482 valence electrons. The number of aromatic nitrogens is 8. The van der Waals surface area contributed by atoms with Gasteiger partial charge in [-0.15, -0.1) is 0 Å². The molecule has 2 aliphatic rings. The van der Waals surface area contributed by atoms with E-state index in [-0.39, 0.29) is 66.6 Å². The lowest BCUT2D eigenvalue weighted by Crippen LogP contribution is -2.46. The van der Waals surface area contributed by atoms with Crippen molar-refractivity contribution in [2.75, 3.05) is 37.8 Å². The van der Waals surface area contributed by atoms with Gasteiger partial charge in [-0.3, -0.25) is 37.3 Å². The van der Waals surface area contributed by atoms with Crippen LogP contribution in [0.5, 0.6) is 0 Å². The average molecular weight is 1320 g/mol. The van der Waals surface area contributed by atoms with Gasteiger partial charge in [-0.25, -0.2) is 28.6 Å². The van der Waals surface area contributed by atoms with Crippen molar-refractivity contribution >= 4 is 112 Å². The summed E-state index contributed by atoms with van der Waals surface area (Å²) in [4.78, 5) is 117. The number of phosphoric ester groups is 3. The van der Waals surface area contributed by atoms with Crippen LogP contribution in [-0.4, -0.2) is 154 Å². The number of carboxylic acids is 1. The van der Waals surface area contributed by atoms with Gasteiger partial charge in [0, 0.05) is 87.7 Å². The SMILES string of the molecule is C/C=c1\c(C)c2[nH]\c1=C/c1[nH]c(c(CCC(=O)SCCNC(=O)CCNC(=O)C(O)C(C)(C)COP(=O)(O)OP(=O)(O)OCC3OC(n4cnc5c(N)ncnc54)C(O)C3OP(=O)(O)O)c1C)C=c1[nH]/c(c(C)c1CCC(=O)O)=C/c1[nH]c(/c(=C/C)c1C)=C\2. The van der Waals surface area contributed by atoms with E-state index >= 15 is 0 Å². The van der Waals surface area contributed by atoms with Crippen LogP contribution in [0.1, 0.15) is 109 Å². The number of hydrogen-bond acceptors (Lipinski definition) is 19. The molecule has 8 bridgehead atoms. The number of hydrogen-bond donors (Lipinski definition) is 14. The predicted molar refractivity (Wildman–Crippen MR) is 326 cm³/mol. The predicted octanol–water partition coefficient (Wildman–Crippen LogP) is 0.0902. The second kappa shape index (κ2) is 27.9. The van der Waals surface area contributed by atoms with E-state index in [2.05, 4.69) is 92.5 Å². The Hall–Kier alpha value is -6.63. The molecule has 6 aromatic heterocycles. The molecule has 6 aromatic rings. The Morgan fingerprint density at radius 3 is 2.01 bits per heavy atom. The number of anilines is 1. The number of aliphatic carboxylic acids is 1. The van der Waals surface area contributed by atoms with Gasteiger partial charge in [0.2, 0.25) is 11.8 Å². The molecule has 7 unspecified atom stereocenters.